The molecule has 0 bridgehead atoms. The van der Waals surface area contributed by atoms with Gasteiger partial charge in [0.05, 0.1) is 4.90 Å². The van der Waals surface area contributed by atoms with E-state index in [1.54, 1.807) is 6.07 Å². The van der Waals surface area contributed by atoms with Crippen molar-refractivity contribution in [3.63, 3.8) is 0 Å². The zero-order valence-corrected chi connectivity index (χ0v) is 14.2. The third kappa shape index (κ3) is 4.46. The molecule has 1 aromatic rings. The molecule has 1 unspecified atom stereocenters. The lowest BCUT2D eigenvalue weighted by atomic mass is 10.2. The second-order valence-corrected chi connectivity index (χ2v) is 8.75. The Kier molecular flexibility index (Phi) is 6.35. The summed E-state index contributed by atoms with van der Waals surface area (Å²) >= 11 is 3.33. The van der Waals surface area contributed by atoms with Crippen LogP contribution in [0.25, 0.3) is 0 Å². The van der Waals surface area contributed by atoms with Gasteiger partial charge in [-0.15, -0.1) is 11.3 Å². The minimum absolute atomic E-state index is 0.0788. The predicted octanol–water partition coefficient (Wildman–Crippen LogP) is 2.42. The minimum atomic E-state index is -3.38. The highest BCUT2D eigenvalue weighted by Crippen LogP contribution is 2.24. The van der Waals surface area contributed by atoms with E-state index in [0.717, 1.165) is 42.2 Å². The van der Waals surface area contributed by atoms with Gasteiger partial charge in [0, 0.05) is 23.2 Å². The monoisotopic (exact) mass is 334 g/mol. The highest BCUT2D eigenvalue weighted by atomic mass is 32.2. The SMILES string of the molecule is CCCNCc1sccc1S(=O)(=O)NC1CCCSC1. The molecular formula is C13H22N2O2S3. The van der Waals surface area contributed by atoms with Crippen LogP contribution < -0.4 is 10.0 Å². The van der Waals surface area contributed by atoms with Crippen LogP contribution in [0.2, 0.25) is 0 Å². The maximum absolute atomic E-state index is 12.5. The first kappa shape index (κ1) is 16.3. The molecule has 0 saturated carbocycles. The van der Waals surface area contributed by atoms with Crippen LogP contribution >= 0.6 is 23.1 Å². The smallest absolute Gasteiger partial charge is 0.242 e. The molecule has 1 saturated heterocycles. The van der Waals surface area contributed by atoms with E-state index in [1.807, 2.05) is 17.1 Å². The molecule has 1 fully saturated rings. The molecule has 1 atom stereocenters. The molecule has 0 radical (unpaired) electrons. The van der Waals surface area contributed by atoms with Gasteiger partial charge >= 0.3 is 0 Å². The van der Waals surface area contributed by atoms with Crippen molar-refractivity contribution in [2.75, 3.05) is 18.1 Å². The highest BCUT2D eigenvalue weighted by molar-refractivity contribution is 7.99. The molecule has 20 heavy (non-hydrogen) atoms. The second-order valence-electron chi connectivity index (χ2n) is 4.92. The number of rotatable bonds is 7. The summed E-state index contributed by atoms with van der Waals surface area (Å²) in [4.78, 5) is 1.34. The number of thiophene rings is 1. The van der Waals surface area contributed by atoms with Crippen molar-refractivity contribution in [3.8, 4) is 0 Å². The molecule has 0 amide bonds. The molecule has 114 valence electrons. The molecule has 0 spiro atoms. The molecule has 2 heterocycles. The Hall–Kier alpha value is -0.0800. The summed E-state index contributed by atoms with van der Waals surface area (Å²) in [6.07, 6.45) is 3.08. The third-order valence-electron chi connectivity index (χ3n) is 3.19. The van der Waals surface area contributed by atoms with E-state index in [1.165, 1.54) is 11.3 Å². The average Bonchev–Trinajstić information content (AvgIpc) is 2.89. The van der Waals surface area contributed by atoms with Crippen molar-refractivity contribution in [1.29, 1.82) is 0 Å². The van der Waals surface area contributed by atoms with E-state index in [9.17, 15) is 8.42 Å². The van der Waals surface area contributed by atoms with E-state index >= 15 is 0 Å². The average molecular weight is 335 g/mol. The minimum Gasteiger partial charge on any atom is -0.312 e. The van der Waals surface area contributed by atoms with Crippen LogP contribution in [0.15, 0.2) is 16.3 Å². The van der Waals surface area contributed by atoms with Crippen LogP contribution in [0.3, 0.4) is 0 Å². The molecule has 0 aromatic carbocycles. The van der Waals surface area contributed by atoms with Crippen LogP contribution in [-0.4, -0.2) is 32.5 Å². The summed E-state index contributed by atoms with van der Waals surface area (Å²) in [5, 5.41) is 5.12. The summed E-state index contributed by atoms with van der Waals surface area (Å²) in [6, 6.07) is 1.79. The fourth-order valence-electron chi connectivity index (χ4n) is 2.19. The van der Waals surface area contributed by atoms with Crippen LogP contribution in [0.5, 0.6) is 0 Å². The summed E-state index contributed by atoms with van der Waals surface area (Å²) in [5.74, 6) is 2.02. The van der Waals surface area contributed by atoms with Gasteiger partial charge < -0.3 is 5.32 Å². The van der Waals surface area contributed by atoms with E-state index in [0.29, 0.717) is 11.4 Å². The van der Waals surface area contributed by atoms with Gasteiger partial charge in [0.2, 0.25) is 10.0 Å². The molecule has 1 aromatic heterocycles. The number of sulfonamides is 1. The van der Waals surface area contributed by atoms with Crippen LogP contribution in [-0.2, 0) is 16.6 Å². The number of thioether (sulfide) groups is 1. The van der Waals surface area contributed by atoms with Crippen LogP contribution in [0.1, 0.15) is 31.1 Å². The van der Waals surface area contributed by atoms with Crippen molar-refractivity contribution in [2.45, 2.75) is 43.7 Å². The normalized spacial score (nSPS) is 20.1. The van der Waals surface area contributed by atoms with Crippen molar-refractivity contribution < 1.29 is 8.42 Å². The van der Waals surface area contributed by atoms with Gasteiger partial charge in [0.25, 0.3) is 0 Å². The Morgan fingerprint density at radius 2 is 2.30 bits per heavy atom. The van der Waals surface area contributed by atoms with Crippen molar-refractivity contribution in [2.24, 2.45) is 0 Å². The molecule has 2 N–H and O–H groups in total. The zero-order valence-electron chi connectivity index (χ0n) is 11.7. The van der Waals surface area contributed by atoms with Gasteiger partial charge in [-0.1, -0.05) is 6.92 Å². The van der Waals surface area contributed by atoms with Crippen molar-refractivity contribution in [1.82, 2.24) is 10.0 Å². The lowest BCUT2D eigenvalue weighted by Crippen LogP contribution is -2.38. The molecule has 0 aliphatic carbocycles. The summed E-state index contributed by atoms with van der Waals surface area (Å²) in [6.45, 7) is 3.63. The summed E-state index contributed by atoms with van der Waals surface area (Å²) < 4.78 is 27.8. The van der Waals surface area contributed by atoms with E-state index < -0.39 is 10.0 Å². The first-order chi connectivity index (χ1) is 9.63. The molecule has 1 aliphatic rings. The maximum Gasteiger partial charge on any atom is 0.242 e. The number of nitrogens with one attached hydrogen (secondary N) is 2. The van der Waals surface area contributed by atoms with Crippen LogP contribution in [0.4, 0.5) is 0 Å². The van der Waals surface area contributed by atoms with E-state index in [-0.39, 0.29) is 6.04 Å². The number of hydrogen-bond acceptors (Lipinski definition) is 5. The number of hydrogen-bond donors (Lipinski definition) is 2. The third-order valence-corrected chi connectivity index (χ3v) is 7.06. The standard InChI is InChI=1S/C13H22N2O2S3/c1-2-6-14-9-12-13(5-8-19-12)20(16,17)15-11-4-3-7-18-10-11/h5,8,11,14-15H,2-4,6-7,9-10H2,1H3. The maximum atomic E-state index is 12.5. The zero-order chi connectivity index (χ0) is 14.4. The topological polar surface area (TPSA) is 58.2 Å². The molecular weight excluding hydrogens is 312 g/mol. The van der Waals surface area contributed by atoms with Gasteiger partial charge in [-0.2, -0.15) is 11.8 Å². The molecule has 4 nitrogen and oxygen atoms in total. The first-order valence-electron chi connectivity index (χ1n) is 7.00. The van der Waals surface area contributed by atoms with Crippen molar-refractivity contribution in [3.05, 3.63) is 16.3 Å². The Morgan fingerprint density at radius 3 is 3.00 bits per heavy atom. The van der Waals surface area contributed by atoms with Gasteiger partial charge in [-0.3, -0.25) is 0 Å². The Morgan fingerprint density at radius 1 is 1.45 bits per heavy atom. The van der Waals surface area contributed by atoms with Crippen LogP contribution in [0, 0.1) is 0 Å². The van der Waals surface area contributed by atoms with E-state index in [2.05, 4.69) is 17.0 Å². The largest absolute Gasteiger partial charge is 0.312 e. The Bertz CT molecular complexity index is 507. The molecule has 7 heteroatoms. The van der Waals surface area contributed by atoms with Gasteiger partial charge in [0.1, 0.15) is 0 Å². The molecule has 1 aliphatic heterocycles. The Balaban J connectivity index is 2.03. The van der Waals surface area contributed by atoms with E-state index in [4.69, 9.17) is 0 Å². The quantitative estimate of drug-likeness (QED) is 0.752. The summed E-state index contributed by atoms with van der Waals surface area (Å²) in [7, 11) is -3.38. The lowest BCUT2D eigenvalue weighted by molar-refractivity contribution is 0.542. The predicted molar refractivity (Wildman–Crippen MR) is 87.0 cm³/mol. The molecule has 2 rings (SSSR count). The fourth-order valence-corrected chi connectivity index (χ4v) is 6.05. The highest BCUT2D eigenvalue weighted by Gasteiger charge is 2.24. The lowest BCUT2D eigenvalue weighted by Gasteiger charge is -2.22. The Labute approximate surface area is 129 Å². The first-order valence-corrected chi connectivity index (χ1v) is 10.5. The fraction of sp³-hybridized carbons (Fsp3) is 0.692. The van der Waals surface area contributed by atoms with Gasteiger partial charge in [-0.25, -0.2) is 13.1 Å². The van der Waals surface area contributed by atoms with Gasteiger partial charge in [0.15, 0.2) is 0 Å². The summed E-state index contributed by atoms with van der Waals surface area (Å²) in [5.41, 5.74) is 0. The van der Waals surface area contributed by atoms with Gasteiger partial charge in [-0.05, 0) is 43.0 Å². The van der Waals surface area contributed by atoms with Crippen molar-refractivity contribution >= 4 is 33.1 Å². The second kappa shape index (κ2) is 7.79.